The van der Waals surface area contributed by atoms with E-state index in [0.29, 0.717) is 40.7 Å². The van der Waals surface area contributed by atoms with Crippen LogP contribution in [0.5, 0.6) is 5.75 Å². The molecule has 0 saturated heterocycles. The summed E-state index contributed by atoms with van der Waals surface area (Å²) in [6.07, 6.45) is -4.40. The van der Waals surface area contributed by atoms with E-state index in [-0.39, 0.29) is 12.5 Å². The molecule has 8 heteroatoms. The second kappa shape index (κ2) is 9.30. The van der Waals surface area contributed by atoms with Crippen LogP contribution >= 0.6 is 11.3 Å². The van der Waals surface area contributed by atoms with Crippen molar-refractivity contribution in [2.24, 2.45) is 0 Å². The molecular weight excluding hydrogens is 413 g/mol. The van der Waals surface area contributed by atoms with E-state index in [4.69, 9.17) is 4.74 Å². The number of carbonyl (C=O) groups excluding carboxylic acids is 1. The number of alkyl halides is 3. The Kier molecular flexibility index (Phi) is 6.77. The highest BCUT2D eigenvalue weighted by Gasteiger charge is 2.30. The van der Waals surface area contributed by atoms with Crippen LogP contribution in [0.4, 0.5) is 13.2 Å². The number of carbonyl (C=O) groups is 1. The van der Waals surface area contributed by atoms with Gasteiger partial charge in [-0.05, 0) is 43.7 Å². The van der Waals surface area contributed by atoms with Crippen molar-refractivity contribution in [1.29, 1.82) is 0 Å². The Morgan fingerprint density at radius 3 is 2.53 bits per heavy atom. The molecule has 30 heavy (non-hydrogen) atoms. The van der Waals surface area contributed by atoms with Crippen molar-refractivity contribution in [1.82, 2.24) is 9.88 Å². The summed E-state index contributed by atoms with van der Waals surface area (Å²) in [5, 5.41) is 2.32. The Morgan fingerprint density at radius 2 is 1.83 bits per heavy atom. The molecule has 3 rings (SSSR count). The largest absolute Gasteiger partial charge is 0.488 e. The molecular formula is C22H21F3N2O2S. The van der Waals surface area contributed by atoms with Crippen molar-refractivity contribution in [3.8, 4) is 16.3 Å². The Balaban J connectivity index is 1.80. The fourth-order valence-electron chi connectivity index (χ4n) is 2.94. The highest BCUT2D eigenvalue weighted by molar-refractivity contribution is 7.13. The van der Waals surface area contributed by atoms with Gasteiger partial charge in [0.2, 0.25) is 0 Å². The maximum Gasteiger partial charge on any atom is 0.416 e. The van der Waals surface area contributed by atoms with E-state index < -0.39 is 11.7 Å². The molecule has 0 fully saturated rings. The fourth-order valence-corrected chi connectivity index (χ4v) is 3.76. The first kappa shape index (κ1) is 21.8. The topological polar surface area (TPSA) is 42.4 Å². The van der Waals surface area contributed by atoms with Crippen LogP contribution in [0, 0.1) is 0 Å². The summed E-state index contributed by atoms with van der Waals surface area (Å²) in [7, 11) is 0. The summed E-state index contributed by atoms with van der Waals surface area (Å²) in [5.41, 5.74) is 0.756. The molecule has 0 spiro atoms. The van der Waals surface area contributed by atoms with Gasteiger partial charge in [0.15, 0.2) is 0 Å². The van der Waals surface area contributed by atoms with Crippen LogP contribution in [0.15, 0.2) is 53.9 Å². The number of thiazole rings is 1. The molecule has 0 bridgehead atoms. The zero-order chi connectivity index (χ0) is 21.7. The smallest absolute Gasteiger partial charge is 0.416 e. The minimum Gasteiger partial charge on any atom is -0.488 e. The standard InChI is InChI=1S/C22H21F3N2O2S/c1-3-27(4-2)21(28)18-14-30-20(26-18)17-10-5-6-11-19(17)29-13-15-8-7-9-16(12-15)22(23,24)25/h5-12,14H,3-4,13H2,1-2H3. The highest BCUT2D eigenvalue weighted by Crippen LogP contribution is 2.34. The van der Waals surface area contributed by atoms with Crippen molar-refractivity contribution in [3.05, 3.63) is 70.7 Å². The van der Waals surface area contributed by atoms with Gasteiger partial charge >= 0.3 is 6.18 Å². The number of halogens is 3. The molecule has 0 unspecified atom stereocenters. The lowest BCUT2D eigenvalue weighted by atomic mass is 10.1. The molecule has 0 atom stereocenters. The van der Waals surface area contributed by atoms with Gasteiger partial charge in [0.05, 0.1) is 11.1 Å². The molecule has 158 valence electrons. The monoisotopic (exact) mass is 434 g/mol. The summed E-state index contributed by atoms with van der Waals surface area (Å²) >= 11 is 1.32. The molecule has 0 saturated carbocycles. The van der Waals surface area contributed by atoms with E-state index in [1.807, 2.05) is 26.0 Å². The van der Waals surface area contributed by atoms with Crippen molar-refractivity contribution in [2.45, 2.75) is 26.6 Å². The lowest BCUT2D eigenvalue weighted by Crippen LogP contribution is -2.30. The van der Waals surface area contributed by atoms with Gasteiger partial charge in [-0.1, -0.05) is 24.3 Å². The molecule has 0 aliphatic carbocycles. The van der Waals surface area contributed by atoms with Crippen LogP contribution in [0.1, 0.15) is 35.5 Å². The predicted molar refractivity (Wildman–Crippen MR) is 111 cm³/mol. The molecule has 1 heterocycles. The maximum atomic E-state index is 12.9. The average Bonchev–Trinajstić information content (AvgIpc) is 3.23. The van der Waals surface area contributed by atoms with Gasteiger partial charge in [-0.25, -0.2) is 4.98 Å². The normalized spacial score (nSPS) is 11.4. The summed E-state index contributed by atoms with van der Waals surface area (Å²) in [6, 6.07) is 12.2. The molecule has 0 N–H and O–H groups in total. The first-order valence-electron chi connectivity index (χ1n) is 9.46. The summed E-state index contributed by atoms with van der Waals surface area (Å²) in [4.78, 5) is 18.7. The number of hydrogen-bond donors (Lipinski definition) is 0. The molecule has 0 aliphatic heterocycles. The number of amides is 1. The molecule has 4 nitrogen and oxygen atoms in total. The van der Waals surface area contributed by atoms with E-state index >= 15 is 0 Å². The van der Waals surface area contributed by atoms with E-state index in [1.54, 1.807) is 28.5 Å². The van der Waals surface area contributed by atoms with Gasteiger partial charge in [-0.15, -0.1) is 11.3 Å². The van der Waals surface area contributed by atoms with E-state index in [0.717, 1.165) is 12.1 Å². The SMILES string of the molecule is CCN(CC)C(=O)c1csc(-c2ccccc2OCc2cccc(C(F)(F)F)c2)n1. The van der Waals surface area contributed by atoms with Crippen molar-refractivity contribution in [3.63, 3.8) is 0 Å². The molecule has 0 aliphatic rings. The van der Waals surface area contributed by atoms with Crippen molar-refractivity contribution >= 4 is 17.2 Å². The third-order valence-corrected chi connectivity index (χ3v) is 5.42. The molecule has 3 aromatic rings. The number of benzene rings is 2. The van der Waals surface area contributed by atoms with E-state index in [2.05, 4.69) is 4.98 Å². The second-order valence-corrected chi connectivity index (χ2v) is 7.36. The molecule has 2 aromatic carbocycles. The zero-order valence-electron chi connectivity index (χ0n) is 16.6. The van der Waals surface area contributed by atoms with Crippen molar-refractivity contribution in [2.75, 3.05) is 13.1 Å². The predicted octanol–water partition coefficient (Wildman–Crippen LogP) is 5.89. The Labute approximate surface area is 176 Å². The van der Waals surface area contributed by atoms with Crippen molar-refractivity contribution < 1.29 is 22.7 Å². The minimum absolute atomic E-state index is 0.0163. The average molecular weight is 434 g/mol. The van der Waals surface area contributed by atoms with Crippen LogP contribution in [0.25, 0.3) is 10.6 Å². The third-order valence-electron chi connectivity index (χ3n) is 4.54. The molecule has 0 radical (unpaired) electrons. The summed E-state index contributed by atoms with van der Waals surface area (Å²) in [6.45, 7) is 4.99. The van der Waals surface area contributed by atoms with Gasteiger partial charge in [-0.3, -0.25) is 4.79 Å². The van der Waals surface area contributed by atoms with E-state index in [9.17, 15) is 18.0 Å². The summed E-state index contributed by atoms with van der Waals surface area (Å²) < 4.78 is 44.5. The quantitative estimate of drug-likeness (QED) is 0.466. The van der Waals surface area contributed by atoms with Gasteiger partial charge < -0.3 is 9.64 Å². The van der Waals surface area contributed by atoms with Gasteiger partial charge in [0, 0.05) is 18.5 Å². The molecule has 1 amide bonds. The zero-order valence-corrected chi connectivity index (χ0v) is 17.4. The number of ether oxygens (including phenoxy) is 1. The van der Waals surface area contributed by atoms with Crippen LogP contribution in [-0.2, 0) is 12.8 Å². The van der Waals surface area contributed by atoms with Crippen LogP contribution < -0.4 is 4.74 Å². The van der Waals surface area contributed by atoms with Gasteiger partial charge in [0.1, 0.15) is 23.1 Å². The number of nitrogens with zero attached hydrogens (tertiary/aromatic N) is 2. The van der Waals surface area contributed by atoms with Gasteiger partial charge in [0.25, 0.3) is 5.91 Å². The Morgan fingerprint density at radius 1 is 1.10 bits per heavy atom. The number of rotatable bonds is 7. The van der Waals surface area contributed by atoms with Crippen LogP contribution in [0.2, 0.25) is 0 Å². The third kappa shape index (κ3) is 4.99. The highest BCUT2D eigenvalue weighted by atomic mass is 32.1. The first-order chi connectivity index (χ1) is 14.3. The Bertz CT molecular complexity index is 1010. The number of para-hydroxylation sites is 1. The number of aromatic nitrogens is 1. The Hall–Kier alpha value is -2.87. The minimum atomic E-state index is -4.40. The molecule has 1 aromatic heterocycles. The lowest BCUT2D eigenvalue weighted by molar-refractivity contribution is -0.137. The van der Waals surface area contributed by atoms with E-state index in [1.165, 1.54) is 17.4 Å². The fraction of sp³-hybridized carbons (Fsp3) is 0.273. The maximum absolute atomic E-state index is 12.9. The summed E-state index contributed by atoms with van der Waals surface area (Å²) in [5.74, 6) is 0.357. The number of hydrogen-bond acceptors (Lipinski definition) is 4. The van der Waals surface area contributed by atoms with Gasteiger partial charge in [-0.2, -0.15) is 13.2 Å². The lowest BCUT2D eigenvalue weighted by Gasteiger charge is -2.16. The van der Waals surface area contributed by atoms with Crippen LogP contribution in [-0.4, -0.2) is 28.9 Å². The first-order valence-corrected chi connectivity index (χ1v) is 10.3. The van der Waals surface area contributed by atoms with Crippen LogP contribution in [0.3, 0.4) is 0 Å². The second-order valence-electron chi connectivity index (χ2n) is 6.50.